The summed E-state index contributed by atoms with van der Waals surface area (Å²) in [6.07, 6.45) is 4.22. The van der Waals surface area contributed by atoms with Crippen molar-refractivity contribution in [2.45, 2.75) is 25.8 Å². The van der Waals surface area contributed by atoms with Crippen molar-refractivity contribution in [2.24, 2.45) is 5.92 Å². The van der Waals surface area contributed by atoms with Crippen LogP contribution in [0, 0.1) is 5.92 Å². The molecule has 1 fully saturated rings. The first kappa shape index (κ1) is 16.2. The number of hydrogen-bond acceptors (Lipinski definition) is 3. The molecule has 24 heavy (non-hydrogen) atoms. The van der Waals surface area contributed by atoms with Gasteiger partial charge in [-0.05, 0) is 30.4 Å². The molecule has 1 amide bonds. The molecule has 0 aliphatic heterocycles. The summed E-state index contributed by atoms with van der Waals surface area (Å²) >= 11 is 0. The Morgan fingerprint density at radius 1 is 1.21 bits per heavy atom. The maximum absolute atomic E-state index is 12.6. The summed E-state index contributed by atoms with van der Waals surface area (Å²) in [7, 11) is 1.47. The normalized spacial score (nSPS) is 13.5. The molecule has 1 aromatic carbocycles. The Morgan fingerprint density at radius 2 is 1.92 bits per heavy atom. The van der Waals surface area contributed by atoms with Gasteiger partial charge in [0, 0.05) is 25.2 Å². The number of nitrogens with zero attached hydrogens (tertiary/aromatic N) is 1. The number of Topliss-reactive ketones (excluding diaryl/α,β-unsaturated/α-hetero) is 1. The highest BCUT2D eigenvalue weighted by Crippen LogP contribution is 2.33. The minimum atomic E-state index is -0.470. The van der Waals surface area contributed by atoms with E-state index in [0.29, 0.717) is 24.4 Å². The number of hydrogen-bond donors (Lipinski definition) is 1. The predicted molar refractivity (Wildman–Crippen MR) is 91.3 cm³/mol. The maximum Gasteiger partial charge on any atom is 0.263 e. The Kier molecular flexibility index (Phi) is 4.60. The van der Waals surface area contributed by atoms with E-state index in [9.17, 15) is 14.4 Å². The summed E-state index contributed by atoms with van der Waals surface area (Å²) in [5.74, 6) is -0.0252. The third-order valence-electron chi connectivity index (χ3n) is 4.25. The first-order valence-corrected chi connectivity index (χ1v) is 8.12. The Labute approximate surface area is 140 Å². The Morgan fingerprint density at radius 3 is 2.54 bits per heavy atom. The Balaban J connectivity index is 2.00. The molecule has 1 saturated carbocycles. The van der Waals surface area contributed by atoms with Gasteiger partial charge < -0.3 is 9.88 Å². The lowest BCUT2D eigenvalue weighted by Crippen LogP contribution is -2.32. The zero-order valence-electron chi connectivity index (χ0n) is 13.6. The van der Waals surface area contributed by atoms with Crippen molar-refractivity contribution >= 4 is 11.7 Å². The molecular weight excluding hydrogens is 304 g/mol. The monoisotopic (exact) mass is 324 g/mol. The highest BCUT2D eigenvalue weighted by atomic mass is 16.2. The quantitative estimate of drug-likeness (QED) is 0.829. The molecule has 3 rings (SSSR count). The zero-order chi connectivity index (χ0) is 17.1. The second-order valence-electron chi connectivity index (χ2n) is 6.21. The van der Waals surface area contributed by atoms with Crippen LogP contribution in [0.5, 0.6) is 0 Å². The smallest absolute Gasteiger partial charge is 0.263 e. The second-order valence-corrected chi connectivity index (χ2v) is 6.21. The van der Waals surface area contributed by atoms with Crippen LogP contribution >= 0.6 is 0 Å². The fraction of sp³-hybridized carbons (Fsp3) is 0.316. The van der Waals surface area contributed by atoms with Crippen LogP contribution in [0.15, 0.2) is 47.4 Å². The summed E-state index contributed by atoms with van der Waals surface area (Å²) in [6, 6.07) is 10.9. The molecule has 1 aromatic heterocycles. The van der Waals surface area contributed by atoms with Crippen LogP contribution in [-0.2, 0) is 6.54 Å². The van der Waals surface area contributed by atoms with Crippen LogP contribution in [0.25, 0.3) is 0 Å². The molecule has 0 radical (unpaired) electrons. The van der Waals surface area contributed by atoms with E-state index in [1.807, 2.05) is 30.3 Å². The molecule has 5 nitrogen and oxygen atoms in total. The molecule has 0 bridgehead atoms. The van der Waals surface area contributed by atoms with Gasteiger partial charge in [0.2, 0.25) is 0 Å². The lowest BCUT2D eigenvalue weighted by atomic mass is 10.0. The minimum Gasteiger partial charge on any atom is -0.355 e. The number of ketones is 1. The van der Waals surface area contributed by atoms with Crippen molar-refractivity contribution in [3.8, 4) is 0 Å². The standard InChI is InChI=1S/C19H20N2O3/c1-20-18(23)16-10-15(17(22)9-13-7-8-13)12-21(19(16)24)11-14-5-3-2-4-6-14/h2-6,10,12-13H,7-9,11H2,1H3,(H,20,23). The summed E-state index contributed by atoms with van der Waals surface area (Å²) in [5.41, 5.74) is 0.988. The molecule has 5 heteroatoms. The van der Waals surface area contributed by atoms with Gasteiger partial charge in [0.25, 0.3) is 11.5 Å². The van der Waals surface area contributed by atoms with Crippen LogP contribution in [0.4, 0.5) is 0 Å². The average Bonchev–Trinajstić information content (AvgIpc) is 3.40. The van der Waals surface area contributed by atoms with E-state index < -0.39 is 5.91 Å². The van der Waals surface area contributed by atoms with Crippen molar-refractivity contribution in [2.75, 3.05) is 7.05 Å². The number of aromatic nitrogens is 1. The molecule has 1 aliphatic carbocycles. The molecule has 2 aromatic rings. The van der Waals surface area contributed by atoms with E-state index in [0.717, 1.165) is 18.4 Å². The third kappa shape index (κ3) is 3.62. The van der Waals surface area contributed by atoms with Gasteiger partial charge in [0.15, 0.2) is 5.78 Å². The highest BCUT2D eigenvalue weighted by molar-refractivity contribution is 6.00. The summed E-state index contributed by atoms with van der Waals surface area (Å²) in [4.78, 5) is 37.0. The largest absolute Gasteiger partial charge is 0.355 e. The van der Waals surface area contributed by atoms with Crippen molar-refractivity contribution < 1.29 is 9.59 Å². The fourth-order valence-corrected chi connectivity index (χ4v) is 2.69. The maximum atomic E-state index is 12.6. The predicted octanol–water partition coefficient (Wildman–Crippen LogP) is 2.24. The van der Waals surface area contributed by atoms with Crippen LogP contribution < -0.4 is 10.9 Å². The number of benzene rings is 1. The minimum absolute atomic E-state index is 0.00933. The molecule has 1 N–H and O–H groups in total. The van der Waals surface area contributed by atoms with Crippen molar-refractivity contribution in [1.29, 1.82) is 0 Å². The lowest BCUT2D eigenvalue weighted by Gasteiger charge is -2.11. The van der Waals surface area contributed by atoms with Crippen LogP contribution in [0.3, 0.4) is 0 Å². The topological polar surface area (TPSA) is 68.2 Å². The Hall–Kier alpha value is -2.69. The molecule has 1 aliphatic rings. The molecule has 0 unspecified atom stereocenters. The van der Waals surface area contributed by atoms with E-state index >= 15 is 0 Å². The SMILES string of the molecule is CNC(=O)c1cc(C(=O)CC2CC2)cn(Cc2ccccc2)c1=O. The zero-order valence-corrected chi connectivity index (χ0v) is 13.6. The first-order chi connectivity index (χ1) is 11.6. The van der Waals surface area contributed by atoms with Gasteiger partial charge in [-0.2, -0.15) is 0 Å². The molecule has 1 heterocycles. The van der Waals surface area contributed by atoms with Gasteiger partial charge in [0.05, 0.1) is 6.54 Å². The van der Waals surface area contributed by atoms with E-state index in [1.165, 1.54) is 17.7 Å². The number of pyridine rings is 1. The average molecular weight is 324 g/mol. The van der Waals surface area contributed by atoms with Gasteiger partial charge in [-0.3, -0.25) is 14.4 Å². The number of amides is 1. The second kappa shape index (κ2) is 6.83. The van der Waals surface area contributed by atoms with Crippen molar-refractivity contribution in [3.63, 3.8) is 0 Å². The van der Waals surface area contributed by atoms with Crippen LogP contribution in [0.2, 0.25) is 0 Å². The van der Waals surface area contributed by atoms with Gasteiger partial charge in [-0.15, -0.1) is 0 Å². The van der Waals surface area contributed by atoms with Crippen molar-refractivity contribution in [1.82, 2.24) is 9.88 Å². The third-order valence-corrected chi connectivity index (χ3v) is 4.25. The van der Waals surface area contributed by atoms with Gasteiger partial charge in [0.1, 0.15) is 5.56 Å². The number of carbonyl (C=O) groups is 2. The van der Waals surface area contributed by atoms with Crippen molar-refractivity contribution in [3.05, 3.63) is 69.6 Å². The molecule has 0 atom stereocenters. The van der Waals surface area contributed by atoms with E-state index in [-0.39, 0.29) is 16.9 Å². The molecular formula is C19H20N2O3. The molecule has 0 spiro atoms. The highest BCUT2D eigenvalue weighted by Gasteiger charge is 2.26. The van der Waals surface area contributed by atoms with Gasteiger partial charge in [-0.1, -0.05) is 30.3 Å². The molecule has 124 valence electrons. The van der Waals surface area contributed by atoms with Crippen LogP contribution in [0.1, 0.15) is 45.5 Å². The molecule has 0 saturated heterocycles. The fourth-order valence-electron chi connectivity index (χ4n) is 2.69. The van der Waals surface area contributed by atoms with E-state index in [4.69, 9.17) is 0 Å². The lowest BCUT2D eigenvalue weighted by molar-refractivity contribution is 0.0961. The summed E-state index contributed by atoms with van der Waals surface area (Å²) < 4.78 is 1.44. The summed E-state index contributed by atoms with van der Waals surface area (Å²) in [6.45, 7) is 0.328. The van der Waals surface area contributed by atoms with Crippen LogP contribution in [-0.4, -0.2) is 23.3 Å². The van der Waals surface area contributed by atoms with Gasteiger partial charge >= 0.3 is 0 Å². The first-order valence-electron chi connectivity index (χ1n) is 8.12. The number of rotatable bonds is 6. The number of carbonyl (C=O) groups excluding carboxylic acids is 2. The summed E-state index contributed by atoms with van der Waals surface area (Å²) in [5, 5.41) is 2.47. The van der Waals surface area contributed by atoms with E-state index in [1.54, 1.807) is 6.20 Å². The van der Waals surface area contributed by atoms with Gasteiger partial charge in [-0.25, -0.2) is 0 Å². The van der Waals surface area contributed by atoms with E-state index in [2.05, 4.69) is 5.32 Å². The number of nitrogens with one attached hydrogen (secondary N) is 1. The Bertz CT molecular complexity index is 820.